The Balaban J connectivity index is 2.42. The average molecular weight is 265 g/mol. The molecule has 0 fully saturated rings. The van der Waals surface area contributed by atoms with Crippen molar-refractivity contribution in [2.45, 2.75) is 33.2 Å². The Morgan fingerprint density at radius 1 is 1.05 bits per heavy atom. The molecule has 0 spiro atoms. The van der Waals surface area contributed by atoms with E-state index in [1.165, 1.54) is 0 Å². The summed E-state index contributed by atoms with van der Waals surface area (Å²) in [6.07, 6.45) is 1.06. The minimum Gasteiger partial charge on any atom is -0.497 e. The predicted molar refractivity (Wildman–Crippen MR) is 80.0 cm³/mol. The lowest BCUT2D eigenvalue weighted by molar-refractivity contribution is 0.217. The summed E-state index contributed by atoms with van der Waals surface area (Å²) in [6.45, 7) is 7.52. The largest absolute Gasteiger partial charge is 0.497 e. The van der Waals surface area contributed by atoms with Crippen LogP contribution in [0.15, 0.2) is 24.3 Å². The van der Waals surface area contributed by atoms with E-state index in [0.29, 0.717) is 17.9 Å². The van der Waals surface area contributed by atoms with Gasteiger partial charge in [0.05, 0.1) is 13.7 Å². The molecule has 1 N–H and O–H groups in total. The van der Waals surface area contributed by atoms with Gasteiger partial charge in [-0.1, -0.05) is 13.8 Å². The predicted octanol–water partition coefficient (Wildman–Crippen LogP) is 3.34. The molecule has 0 radical (unpaired) electrons. The Bertz CT molecular complexity index is 348. The van der Waals surface area contributed by atoms with Gasteiger partial charge in [0, 0.05) is 6.04 Å². The molecule has 0 saturated carbocycles. The molecule has 0 aliphatic rings. The fourth-order valence-corrected chi connectivity index (χ4v) is 2.36. The second-order valence-corrected chi connectivity index (χ2v) is 5.30. The van der Waals surface area contributed by atoms with Crippen molar-refractivity contribution in [2.75, 3.05) is 20.8 Å². The van der Waals surface area contributed by atoms with Crippen LogP contribution >= 0.6 is 0 Å². The van der Waals surface area contributed by atoms with Crippen molar-refractivity contribution in [1.29, 1.82) is 0 Å². The Kier molecular flexibility index (Phi) is 6.71. The lowest BCUT2D eigenvalue weighted by Gasteiger charge is -2.27. The van der Waals surface area contributed by atoms with Gasteiger partial charge in [0.1, 0.15) is 11.5 Å². The molecule has 2 atom stereocenters. The van der Waals surface area contributed by atoms with Gasteiger partial charge < -0.3 is 14.8 Å². The van der Waals surface area contributed by atoms with Crippen molar-refractivity contribution in [1.82, 2.24) is 5.32 Å². The van der Waals surface area contributed by atoms with Gasteiger partial charge in [-0.05, 0) is 56.5 Å². The Morgan fingerprint density at radius 3 is 2.11 bits per heavy atom. The van der Waals surface area contributed by atoms with Crippen LogP contribution in [0, 0.1) is 11.8 Å². The van der Waals surface area contributed by atoms with Crippen LogP contribution in [0.4, 0.5) is 0 Å². The van der Waals surface area contributed by atoms with E-state index in [4.69, 9.17) is 9.47 Å². The van der Waals surface area contributed by atoms with Crippen LogP contribution in [0.2, 0.25) is 0 Å². The first kappa shape index (κ1) is 15.8. The van der Waals surface area contributed by atoms with Crippen molar-refractivity contribution < 1.29 is 9.47 Å². The highest BCUT2D eigenvalue weighted by atomic mass is 16.5. The molecule has 1 rings (SSSR count). The van der Waals surface area contributed by atoms with Crippen molar-refractivity contribution in [2.24, 2.45) is 11.8 Å². The van der Waals surface area contributed by atoms with Crippen molar-refractivity contribution >= 4 is 0 Å². The molecule has 108 valence electrons. The third-order valence-electron chi connectivity index (χ3n) is 3.73. The summed E-state index contributed by atoms with van der Waals surface area (Å²) < 4.78 is 10.9. The first-order valence-electron chi connectivity index (χ1n) is 7.02. The highest BCUT2D eigenvalue weighted by Crippen LogP contribution is 2.21. The summed E-state index contributed by atoms with van der Waals surface area (Å²) in [5.74, 6) is 3.04. The SMILES string of the molecule is CNC(C)C(CCOc1ccc(OC)cc1)C(C)C. The van der Waals surface area contributed by atoms with Gasteiger partial charge >= 0.3 is 0 Å². The monoisotopic (exact) mass is 265 g/mol. The van der Waals surface area contributed by atoms with Gasteiger partial charge in [0.15, 0.2) is 0 Å². The first-order chi connectivity index (χ1) is 9.08. The lowest BCUT2D eigenvalue weighted by atomic mass is 9.87. The summed E-state index contributed by atoms with van der Waals surface area (Å²) in [5.41, 5.74) is 0. The maximum atomic E-state index is 5.80. The second-order valence-electron chi connectivity index (χ2n) is 5.30. The molecular formula is C16H27NO2. The molecular weight excluding hydrogens is 238 g/mol. The lowest BCUT2D eigenvalue weighted by Crippen LogP contribution is -2.34. The molecule has 0 amide bonds. The van der Waals surface area contributed by atoms with E-state index in [9.17, 15) is 0 Å². The van der Waals surface area contributed by atoms with Crippen molar-refractivity contribution in [3.8, 4) is 11.5 Å². The molecule has 3 heteroatoms. The zero-order valence-electron chi connectivity index (χ0n) is 12.8. The molecule has 0 aromatic heterocycles. The molecule has 0 saturated heterocycles. The van der Waals surface area contributed by atoms with Crippen LogP contribution in [-0.4, -0.2) is 26.8 Å². The van der Waals surface area contributed by atoms with Crippen LogP contribution < -0.4 is 14.8 Å². The minimum atomic E-state index is 0.513. The van der Waals surface area contributed by atoms with Crippen LogP contribution in [0.25, 0.3) is 0 Å². The van der Waals surface area contributed by atoms with Crippen LogP contribution in [0.1, 0.15) is 27.2 Å². The maximum Gasteiger partial charge on any atom is 0.119 e. The molecule has 2 unspecified atom stereocenters. The summed E-state index contributed by atoms with van der Waals surface area (Å²) in [6, 6.07) is 8.26. The van der Waals surface area contributed by atoms with E-state index in [2.05, 4.69) is 26.1 Å². The molecule has 19 heavy (non-hydrogen) atoms. The van der Waals surface area contributed by atoms with Gasteiger partial charge in [-0.2, -0.15) is 0 Å². The van der Waals surface area contributed by atoms with E-state index in [1.807, 2.05) is 31.3 Å². The average Bonchev–Trinajstić information content (AvgIpc) is 2.43. The number of rotatable bonds is 8. The van der Waals surface area contributed by atoms with Gasteiger partial charge in [0.2, 0.25) is 0 Å². The molecule has 1 aromatic carbocycles. The Morgan fingerprint density at radius 2 is 1.63 bits per heavy atom. The number of benzene rings is 1. The van der Waals surface area contributed by atoms with Gasteiger partial charge in [0.25, 0.3) is 0 Å². The highest BCUT2D eigenvalue weighted by molar-refractivity contribution is 5.31. The highest BCUT2D eigenvalue weighted by Gasteiger charge is 2.19. The maximum absolute atomic E-state index is 5.80. The summed E-state index contributed by atoms with van der Waals surface area (Å²) in [7, 11) is 3.69. The smallest absolute Gasteiger partial charge is 0.119 e. The summed E-state index contributed by atoms with van der Waals surface area (Å²) in [5, 5.41) is 3.34. The molecule has 0 aliphatic carbocycles. The van der Waals surface area contributed by atoms with Gasteiger partial charge in [-0.25, -0.2) is 0 Å². The van der Waals surface area contributed by atoms with Gasteiger partial charge in [-0.15, -0.1) is 0 Å². The zero-order valence-corrected chi connectivity index (χ0v) is 12.8. The van der Waals surface area contributed by atoms with E-state index in [0.717, 1.165) is 24.5 Å². The van der Waals surface area contributed by atoms with E-state index < -0.39 is 0 Å². The molecule has 0 heterocycles. The van der Waals surface area contributed by atoms with E-state index >= 15 is 0 Å². The minimum absolute atomic E-state index is 0.513. The van der Waals surface area contributed by atoms with Crippen LogP contribution in [0.5, 0.6) is 11.5 Å². The zero-order chi connectivity index (χ0) is 14.3. The second kappa shape index (κ2) is 8.05. The van der Waals surface area contributed by atoms with Crippen molar-refractivity contribution in [3.63, 3.8) is 0 Å². The number of hydrogen-bond donors (Lipinski definition) is 1. The third kappa shape index (κ3) is 5.11. The number of hydrogen-bond acceptors (Lipinski definition) is 3. The normalized spacial score (nSPS) is 14.2. The molecule has 0 aliphatic heterocycles. The molecule has 3 nitrogen and oxygen atoms in total. The quantitative estimate of drug-likeness (QED) is 0.782. The van der Waals surface area contributed by atoms with Crippen molar-refractivity contribution in [3.05, 3.63) is 24.3 Å². The van der Waals surface area contributed by atoms with Gasteiger partial charge in [-0.3, -0.25) is 0 Å². The fourth-order valence-electron chi connectivity index (χ4n) is 2.36. The first-order valence-corrected chi connectivity index (χ1v) is 7.02. The third-order valence-corrected chi connectivity index (χ3v) is 3.73. The Hall–Kier alpha value is -1.22. The Labute approximate surface area is 117 Å². The summed E-state index contributed by atoms with van der Waals surface area (Å²) >= 11 is 0. The topological polar surface area (TPSA) is 30.5 Å². The number of methoxy groups -OCH3 is 1. The number of nitrogens with one attached hydrogen (secondary N) is 1. The number of ether oxygens (including phenoxy) is 2. The molecule has 0 bridgehead atoms. The van der Waals surface area contributed by atoms with Crippen LogP contribution in [0.3, 0.4) is 0 Å². The fraction of sp³-hybridized carbons (Fsp3) is 0.625. The molecule has 1 aromatic rings. The van der Waals surface area contributed by atoms with Crippen LogP contribution in [-0.2, 0) is 0 Å². The van der Waals surface area contributed by atoms with E-state index in [1.54, 1.807) is 7.11 Å². The standard InChI is InChI=1S/C16H27NO2/c1-12(2)16(13(3)17-4)10-11-19-15-8-6-14(18-5)7-9-15/h6-9,12-13,16-17H,10-11H2,1-5H3. The van der Waals surface area contributed by atoms with E-state index in [-0.39, 0.29) is 0 Å². The summed E-state index contributed by atoms with van der Waals surface area (Å²) in [4.78, 5) is 0.